The topological polar surface area (TPSA) is 172 Å². The Hall–Kier alpha value is -5.44. The molecular formula is C34H37F3N4O8. The molecule has 1 fully saturated rings. The van der Waals surface area contributed by atoms with E-state index in [1.54, 1.807) is 0 Å². The first kappa shape index (κ1) is 38.0. The molecule has 12 nitrogen and oxygen atoms in total. The number of benzene rings is 3. The number of halogens is 3. The fourth-order valence-corrected chi connectivity index (χ4v) is 4.77. The molecule has 262 valence electrons. The van der Waals surface area contributed by atoms with Gasteiger partial charge in [0.1, 0.15) is 18.7 Å². The molecule has 1 aliphatic heterocycles. The first-order chi connectivity index (χ1) is 23.3. The minimum atomic E-state index is -5.08. The van der Waals surface area contributed by atoms with Crippen LogP contribution in [0.1, 0.15) is 23.1 Å². The lowest BCUT2D eigenvalue weighted by molar-refractivity contribution is -0.192. The second-order valence-corrected chi connectivity index (χ2v) is 10.9. The van der Waals surface area contributed by atoms with Gasteiger partial charge in [-0.15, -0.1) is 0 Å². The number of rotatable bonds is 12. The number of hydrogen-bond donors (Lipinski definition) is 5. The van der Waals surface area contributed by atoms with Crippen molar-refractivity contribution in [3.63, 3.8) is 0 Å². The van der Waals surface area contributed by atoms with Crippen molar-refractivity contribution in [3.8, 4) is 0 Å². The molecular weight excluding hydrogens is 649 g/mol. The van der Waals surface area contributed by atoms with E-state index in [0.717, 1.165) is 16.7 Å². The maximum absolute atomic E-state index is 13.5. The number of alkyl halides is 3. The van der Waals surface area contributed by atoms with Crippen molar-refractivity contribution in [1.82, 2.24) is 21.3 Å². The zero-order valence-corrected chi connectivity index (χ0v) is 26.4. The van der Waals surface area contributed by atoms with Gasteiger partial charge in [-0.2, -0.15) is 13.2 Å². The second kappa shape index (κ2) is 18.8. The van der Waals surface area contributed by atoms with Crippen LogP contribution in [-0.2, 0) is 48.1 Å². The lowest BCUT2D eigenvalue weighted by Crippen LogP contribution is -2.55. The van der Waals surface area contributed by atoms with Crippen LogP contribution in [0.5, 0.6) is 0 Å². The van der Waals surface area contributed by atoms with Crippen molar-refractivity contribution in [2.75, 3.05) is 13.7 Å². The minimum Gasteiger partial charge on any atom is -0.475 e. The van der Waals surface area contributed by atoms with Gasteiger partial charge in [-0.25, -0.2) is 14.4 Å². The van der Waals surface area contributed by atoms with Crippen LogP contribution in [0.3, 0.4) is 0 Å². The van der Waals surface area contributed by atoms with Gasteiger partial charge in [0.05, 0.1) is 13.2 Å². The van der Waals surface area contributed by atoms with E-state index in [1.165, 1.54) is 7.11 Å². The van der Waals surface area contributed by atoms with Gasteiger partial charge in [0, 0.05) is 25.4 Å². The van der Waals surface area contributed by atoms with E-state index in [-0.39, 0.29) is 31.4 Å². The summed E-state index contributed by atoms with van der Waals surface area (Å²) in [5.74, 6) is -4.23. The smallest absolute Gasteiger partial charge is 0.475 e. The van der Waals surface area contributed by atoms with Crippen molar-refractivity contribution in [2.24, 2.45) is 0 Å². The number of aliphatic carboxylic acids is 1. The predicted octanol–water partition coefficient (Wildman–Crippen LogP) is 2.90. The Balaban J connectivity index is 0.000000838. The lowest BCUT2D eigenvalue weighted by atomic mass is 10.0. The van der Waals surface area contributed by atoms with Crippen LogP contribution in [-0.4, -0.2) is 79.0 Å². The molecule has 3 amide bonds. The summed E-state index contributed by atoms with van der Waals surface area (Å²) in [4.78, 5) is 60.5. The second-order valence-electron chi connectivity index (χ2n) is 10.9. The van der Waals surface area contributed by atoms with Crippen molar-refractivity contribution in [1.29, 1.82) is 0 Å². The average Bonchev–Trinajstić information content (AvgIpc) is 3.56. The lowest BCUT2D eigenvalue weighted by Gasteiger charge is -2.24. The highest BCUT2D eigenvalue weighted by atomic mass is 19.4. The van der Waals surface area contributed by atoms with Crippen molar-refractivity contribution < 1.29 is 51.7 Å². The third-order valence-electron chi connectivity index (χ3n) is 7.23. The number of carbonyl (C=O) groups is 5. The summed E-state index contributed by atoms with van der Waals surface area (Å²) >= 11 is 0. The third kappa shape index (κ3) is 13.3. The maximum Gasteiger partial charge on any atom is 0.490 e. The van der Waals surface area contributed by atoms with Crippen LogP contribution in [0.25, 0.3) is 0 Å². The number of methoxy groups -OCH3 is 1. The van der Waals surface area contributed by atoms with Crippen LogP contribution in [0, 0.1) is 0 Å². The zero-order chi connectivity index (χ0) is 35.8. The molecule has 1 saturated heterocycles. The molecule has 5 N–H and O–H groups in total. The molecule has 4 atom stereocenters. The Labute approximate surface area is 280 Å². The number of esters is 1. The van der Waals surface area contributed by atoms with E-state index in [4.69, 9.17) is 19.4 Å². The molecule has 0 radical (unpaired) electrons. The van der Waals surface area contributed by atoms with Crippen molar-refractivity contribution >= 4 is 29.8 Å². The maximum atomic E-state index is 13.5. The van der Waals surface area contributed by atoms with E-state index < -0.39 is 48.2 Å². The van der Waals surface area contributed by atoms with Crippen molar-refractivity contribution in [2.45, 2.75) is 56.2 Å². The summed E-state index contributed by atoms with van der Waals surface area (Å²) in [6.45, 7) is 0.513. The van der Waals surface area contributed by atoms with Gasteiger partial charge in [-0.05, 0) is 23.1 Å². The zero-order valence-electron chi connectivity index (χ0n) is 26.4. The standard InChI is InChI=1S/C32H36N4O6.C2HF3O2/c1-41-31(39)28(18-23-13-7-3-8-14-23)36-30(38)27(17-22-11-5-2-6-12-22)35-29(37)26-19-25(20-33-26)34-32(40)42-21-24-15-9-4-10-16-24;3-2(4,5)1(6)7/h2-16,25-28,33H,17-21H2,1H3,(H,34,40)(H,35,37)(H,36,38);(H,6,7)/t25-,26-,27-,28-;/m0./s1. The predicted molar refractivity (Wildman–Crippen MR) is 170 cm³/mol. The van der Waals surface area contributed by atoms with Crippen LogP contribution in [0.4, 0.5) is 18.0 Å². The summed E-state index contributed by atoms with van der Waals surface area (Å²) in [5, 5.41) is 18.6. The molecule has 0 spiro atoms. The number of carbonyl (C=O) groups excluding carboxylic acids is 4. The molecule has 3 aromatic carbocycles. The summed E-state index contributed by atoms with van der Waals surface area (Å²) in [6, 6.07) is 25.1. The Morgan fingerprint density at radius 2 is 1.31 bits per heavy atom. The normalized spacial score (nSPS) is 16.5. The van der Waals surface area contributed by atoms with Crippen LogP contribution in [0.2, 0.25) is 0 Å². The fraction of sp³-hybridized carbons (Fsp3) is 0.324. The molecule has 1 heterocycles. The van der Waals surface area contributed by atoms with E-state index in [1.807, 2.05) is 91.0 Å². The fourth-order valence-electron chi connectivity index (χ4n) is 4.77. The number of hydrogen-bond acceptors (Lipinski definition) is 8. The Bertz CT molecular complexity index is 1530. The Kier molecular flexibility index (Phi) is 14.6. The number of carboxylic acid groups (broad SMARTS) is 1. The molecule has 3 aromatic rings. The molecule has 0 saturated carbocycles. The van der Waals surface area contributed by atoms with E-state index in [0.29, 0.717) is 13.0 Å². The largest absolute Gasteiger partial charge is 0.490 e. The summed E-state index contributed by atoms with van der Waals surface area (Å²) in [6.07, 6.45) is -4.87. The van der Waals surface area contributed by atoms with E-state index in [9.17, 15) is 32.3 Å². The highest BCUT2D eigenvalue weighted by molar-refractivity contribution is 5.92. The molecule has 0 bridgehead atoms. The van der Waals surface area contributed by atoms with Crippen molar-refractivity contribution in [3.05, 3.63) is 108 Å². The molecule has 0 aromatic heterocycles. The summed E-state index contributed by atoms with van der Waals surface area (Å²) in [5.41, 5.74) is 2.57. The van der Waals surface area contributed by atoms with Gasteiger partial charge in [-0.1, -0.05) is 91.0 Å². The molecule has 1 aliphatic rings. The molecule has 49 heavy (non-hydrogen) atoms. The number of alkyl carbamates (subject to hydrolysis) is 1. The van der Waals surface area contributed by atoms with E-state index >= 15 is 0 Å². The van der Waals surface area contributed by atoms with Gasteiger partial charge < -0.3 is 35.8 Å². The molecule has 4 rings (SSSR count). The molecule has 15 heteroatoms. The quantitative estimate of drug-likeness (QED) is 0.180. The first-order valence-corrected chi connectivity index (χ1v) is 15.1. The third-order valence-corrected chi connectivity index (χ3v) is 7.23. The monoisotopic (exact) mass is 686 g/mol. The average molecular weight is 687 g/mol. The molecule has 0 aliphatic carbocycles. The number of amides is 3. The number of carboxylic acids is 1. The van der Waals surface area contributed by atoms with Gasteiger partial charge in [0.15, 0.2) is 0 Å². The summed E-state index contributed by atoms with van der Waals surface area (Å²) < 4.78 is 42.0. The van der Waals surface area contributed by atoms with Crippen LogP contribution in [0.15, 0.2) is 91.0 Å². The van der Waals surface area contributed by atoms with E-state index in [2.05, 4.69) is 21.3 Å². The number of nitrogens with one attached hydrogen (secondary N) is 4. The molecule has 0 unspecified atom stereocenters. The van der Waals surface area contributed by atoms with Crippen LogP contribution >= 0.6 is 0 Å². The summed E-state index contributed by atoms with van der Waals surface area (Å²) in [7, 11) is 1.27. The van der Waals surface area contributed by atoms with Gasteiger partial charge in [0.2, 0.25) is 11.8 Å². The number of ether oxygens (including phenoxy) is 2. The van der Waals surface area contributed by atoms with Gasteiger partial charge >= 0.3 is 24.2 Å². The first-order valence-electron chi connectivity index (χ1n) is 15.1. The Morgan fingerprint density at radius 1 is 0.816 bits per heavy atom. The van der Waals surface area contributed by atoms with Crippen LogP contribution < -0.4 is 21.3 Å². The van der Waals surface area contributed by atoms with Gasteiger partial charge in [-0.3, -0.25) is 9.59 Å². The minimum absolute atomic E-state index is 0.143. The highest BCUT2D eigenvalue weighted by Gasteiger charge is 2.38. The SMILES string of the molecule is COC(=O)[C@H](Cc1ccccc1)NC(=O)[C@H](Cc1ccccc1)NC(=O)[C@@H]1C[C@H](NC(=O)OCc2ccccc2)CN1.O=C(O)C(F)(F)F. The highest BCUT2D eigenvalue weighted by Crippen LogP contribution is 2.13. The van der Waals surface area contributed by atoms with Gasteiger partial charge in [0.25, 0.3) is 0 Å². The Morgan fingerprint density at radius 3 is 1.80 bits per heavy atom.